The first-order chi connectivity index (χ1) is 6.93. The van der Waals surface area contributed by atoms with Crippen LogP contribution in [0.3, 0.4) is 0 Å². The molecule has 0 aromatic carbocycles. The summed E-state index contributed by atoms with van der Waals surface area (Å²) in [6.07, 6.45) is 2.43. The van der Waals surface area contributed by atoms with Gasteiger partial charge in [-0.3, -0.25) is 0 Å². The van der Waals surface area contributed by atoms with E-state index < -0.39 is 0 Å². The maximum atomic E-state index is 5.59. The number of nitrogens with one attached hydrogen (secondary N) is 1. The number of methoxy groups -OCH3 is 1. The largest absolute Gasteiger partial charge is 0.385 e. The van der Waals surface area contributed by atoms with Crippen molar-refractivity contribution >= 4 is 0 Å². The average Bonchev–Trinajstić information content (AvgIpc) is 2.69. The average molecular weight is 203 g/mol. The Kier molecular flexibility index (Phi) is 6.95. The Morgan fingerprint density at radius 2 is 2.29 bits per heavy atom. The third-order valence-electron chi connectivity index (χ3n) is 2.22. The monoisotopic (exact) mass is 203 g/mol. The van der Waals surface area contributed by atoms with Gasteiger partial charge in [0.2, 0.25) is 0 Å². The smallest absolute Gasteiger partial charge is 0.0831 e. The molecule has 1 unspecified atom stereocenters. The zero-order valence-electron chi connectivity index (χ0n) is 8.96. The molecule has 1 fully saturated rings. The van der Waals surface area contributed by atoms with Gasteiger partial charge >= 0.3 is 0 Å². The van der Waals surface area contributed by atoms with Crippen molar-refractivity contribution in [2.75, 3.05) is 46.6 Å². The van der Waals surface area contributed by atoms with Crippen LogP contribution >= 0.6 is 0 Å². The Bertz CT molecular complexity index is 127. The van der Waals surface area contributed by atoms with Crippen molar-refractivity contribution in [3.63, 3.8) is 0 Å². The highest BCUT2D eigenvalue weighted by Gasteiger charge is 2.14. The zero-order chi connectivity index (χ0) is 10.1. The Morgan fingerprint density at radius 3 is 3.00 bits per heavy atom. The third kappa shape index (κ3) is 5.54. The van der Waals surface area contributed by atoms with E-state index in [-0.39, 0.29) is 0 Å². The van der Waals surface area contributed by atoms with Crippen molar-refractivity contribution in [2.45, 2.75) is 18.9 Å². The molecule has 1 atom stereocenters. The summed E-state index contributed by atoms with van der Waals surface area (Å²) in [6, 6.07) is 0. The number of hydrogen-bond donors (Lipinski definition) is 1. The van der Waals surface area contributed by atoms with Gasteiger partial charge in [-0.1, -0.05) is 0 Å². The van der Waals surface area contributed by atoms with Crippen molar-refractivity contribution in [3.8, 4) is 0 Å². The van der Waals surface area contributed by atoms with Crippen molar-refractivity contribution in [1.82, 2.24) is 5.32 Å². The SMILES string of the molecule is COCCCNCCOC1CCOC1. The number of hydrogen-bond acceptors (Lipinski definition) is 4. The van der Waals surface area contributed by atoms with Gasteiger partial charge in [-0.05, 0) is 19.4 Å². The molecule has 4 heteroatoms. The van der Waals surface area contributed by atoms with E-state index in [1.54, 1.807) is 7.11 Å². The van der Waals surface area contributed by atoms with E-state index >= 15 is 0 Å². The minimum atomic E-state index is 0.329. The molecule has 0 aromatic rings. The highest BCUT2D eigenvalue weighted by atomic mass is 16.5. The zero-order valence-corrected chi connectivity index (χ0v) is 8.96. The van der Waals surface area contributed by atoms with Gasteiger partial charge in [-0.25, -0.2) is 0 Å². The predicted molar refractivity (Wildman–Crippen MR) is 54.5 cm³/mol. The van der Waals surface area contributed by atoms with Crippen molar-refractivity contribution in [3.05, 3.63) is 0 Å². The summed E-state index contributed by atoms with van der Waals surface area (Å²) in [7, 11) is 1.73. The van der Waals surface area contributed by atoms with Crippen LogP contribution in [0.5, 0.6) is 0 Å². The molecule has 0 radical (unpaired) electrons. The maximum Gasteiger partial charge on any atom is 0.0831 e. The van der Waals surface area contributed by atoms with Gasteiger partial charge in [-0.2, -0.15) is 0 Å². The topological polar surface area (TPSA) is 39.7 Å². The second-order valence-electron chi connectivity index (χ2n) is 3.45. The van der Waals surface area contributed by atoms with Gasteiger partial charge in [0, 0.05) is 26.9 Å². The van der Waals surface area contributed by atoms with Gasteiger partial charge in [0.05, 0.1) is 19.3 Å². The molecule has 1 rings (SSSR count). The molecule has 0 amide bonds. The van der Waals surface area contributed by atoms with E-state index in [9.17, 15) is 0 Å². The lowest BCUT2D eigenvalue weighted by molar-refractivity contribution is 0.0444. The van der Waals surface area contributed by atoms with E-state index in [0.29, 0.717) is 6.10 Å². The summed E-state index contributed by atoms with van der Waals surface area (Å²) in [4.78, 5) is 0. The number of rotatable bonds is 8. The second kappa shape index (κ2) is 8.17. The van der Waals surface area contributed by atoms with Gasteiger partial charge < -0.3 is 19.5 Å². The molecule has 0 saturated carbocycles. The highest BCUT2D eigenvalue weighted by molar-refractivity contribution is 4.63. The third-order valence-corrected chi connectivity index (χ3v) is 2.22. The first-order valence-corrected chi connectivity index (χ1v) is 5.32. The molecule has 1 heterocycles. The Hall–Kier alpha value is -0.160. The lowest BCUT2D eigenvalue weighted by Gasteiger charge is -2.10. The molecule has 1 aliphatic heterocycles. The minimum Gasteiger partial charge on any atom is -0.385 e. The van der Waals surface area contributed by atoms with Crippen molar-refractivity contribution < 1.29 is 14.2 Å². The molecule has 14 heavy (non-hydrogen) atoms. The summed E-state index contributed by atoms with van der Waals surface area (Å²) in [5, 5.41) is 3.30. The molecule has 1 saturated heterocycles. The molecule has 84 valence electrons. The van der Waals surface area contributed by atoms with Gasteiger partial charge in [0.1, 0.15) is 0 Å². The molecule has 0 aliphatic carbocycles. The van der Waals surface area contributed by atoms with E-state index in [1.165, 1.54) is 0 Å². The molecule has 0 aromatic heterocycles. The minimum absolute atomic E-state index is 0.329. The van der Waals surface area contributed by atoms with Gasteiger partial charge in [0.15, 0.2) is 0 Å². The standard InChI is InChI=1S/C10H21NO3/c1-12-6-2-4-11-5-8-14-10-3-7-13-9-10/h10-11H,2-9H2,1H3. The van der Waals surface area contributed by atoms with Gasteiger partial charge in [0.25, 0.3) is 0 Å². The number of ether oxygens (including phenoxy) is 3. The molecular weight excluding hydrogens is 182 g/mol. The Labute approximate surface area is 85.9 Å². The van der Waals surface area contributed by atoms with Crippen LogP contribution < -0.4 is 5.32 Å². The fraction of sp³-hybridized carbons (Fsp3) is 1.00. The van der Waals surface area contributed by atoms with Crippen LogP contribution in [0.15, 0.2) is 0 Å². The predicted octanol–water partition coefficient (Wildman–Crippen LogP) is 0.418. The molecular formula is C10H21NO3. The first kappa shape index (κ1) is 11.9. The molecule has 0 spiro atoms. The maximum absolute atomic E-state index is 5.59. The van der Waals surface area contributed by atoms with E-state index in [1.807, 2.05) is 0 Å². The second-order valence-corrected chi connectivity index (χ2v) is 3.45. The van der Waals surface area contributed by atoms with Crippen molar-refractivity contribution in [1.29, 1.82) is 0 Å². The summed E-state index contributed by atoms with van der Waals surface area (Å²) < 4.78 is 15.7. The van der Waals surface area contributed by atoms with Crippen molar-refractivity contribution in [2.24, 2.45) is 0 Å². The lowest BCUT2D eigenvalue weighted by Crippen LogP contribution is -2.24. The summed E-state index contributed by atoms with van der Waals surface area (Å²) in [6.45, 7) is 5.14. The quantitative estimate of drug-likeness (QED) is 0.580. The van der Waals surface area contributed by atoms with Crippen LogP contribution in [-0.4, -0.2) is 52.7 Å². The summed E-state index contributed by atoms with van der Waals surface area (Å²) in [5.74, 6) is 0. The van der Waals surface area contributed by atoms with E-state index in [2.05, 4.69) is 5.32 Å². The summed E-state index contributed by atoms with van der Waals surface area (Å²) >= 11 is 0. The molecule has 0 bridgehead atoms. The molecule has 1 N–H and O–H groups in total. The highest BCUT2D eigenvalue weighted by Crippen LogP contribution is 2.06. The normalized spacial score (nSPS) is 21.6. The van der Waals surface area contributed by atoms with E-state index in [0.717, 1.165) is 52.4 Å². The first-order valence-electron chi connectivity index (χ1n) is 5.32. The van der Waals surface area contributed by atoms with E-state index in [4.69, 9.17) is 14.2 Å². The van der Waals surface area contributed by atoms with Crippen LogP contribution in [0.1, 0.15) is 12.8 Å². The van der Waals surface area contributed by atoms with Crippen LogP contribution in [0, 0.1) is 0 Å². The van der Waals surface area contributed by atoms with Crippen LogP contribution in [0.2, 0.25) is 0 Å². The Morgan fingerprint density at radius 1 is 1.36 bits per heavy atom. The fourth-order valence-electron chi connectivity index (χ4n) is 1.41. The van der Waals surface area contributed by atoms with Crippen LogP contribution in [0.4, 0.5) is 0 Å². The fourth-order valence-corrected chi connectivity index (χ4v) is 1.41. The van der Waals surface area contributed by atoms with Gasteiger partial charge in [-0.15, -0.1) is 0 Å². The molecule has 4 nitrogen and oxygen atoms in total. The van der Waals surface area contributed by atoms with Crippen LogP contribution in [0.25, 0.3) is 0 Å². The lowest BCUT2D eigenvalue weighted by atomic mass is 10.3. The molecule has 1 aliphatic rings. The Balaban J connectivity index is 1.75. The summed E-state index contributed by atoms with van der Waals surface area (Å²) in [5.41, 5.74) is 0. The van der Waals surface area contributed by atoms with Crippen LogP contribution in [-0.2, 0) is 14.2 Å².